The summed E-state index contributed by atoms with van der Waals surface area (Å²) in [6.45, 7) is 1.84. The predicted octanol–water partition coefficient (Wildman–Crippen LogP) is 0.861. The molecule has 1 radical (unpaired) electrons. The zero-order valence-electron chi connectivity index (χ0n) is 6.56. The van der Waals surface area contributed by atoms with Gasteiger partial charge in [0, 0.05) is 27.3 Å². The fraction of sp³-hybridized carbons (Fsp3) is 0.143. The standard InChI is InChI=1S/C7H8O3S.Tl/c1-6-2-4-7(5-3-6)11(8,9)10;/h2-5H,1H3,(H,8,9,10);. The summed E-state index contributed by atoms with van der Waals surface area (Å²) in [6, 6.07) is 5.99. The van der Waals surface area contributed by atoms with E-state index >= 15 is 0 Å². The molecule has 0 unspecified atom stereocenters. The third-order valence-corrected chi connectivity index (χ3v) is 2.19. The Bertz CT molecular complexity index is 341. The maximum Gasteiger partial charge on any atom is 0.294 e. The van der Waals surface area contributed by atoms with Crippen LogP contribution in [0.25, 0.3) is 0 Å². The number of rotatable bonds is 1. The molecule has 1 aromatic carbocycles. The molecule has 0 spiro atoms. The van der Waals surface area contributed by atoms with Gasteiger partial charge in [-0.15, -0.1) is 0 Å². The van der Waals surface area contributed by atoms with Crippen molar-refractivity contribution in [2.75, 3.05) is 0 Å². The first-order valence-electron chi connectivity index (χ1n) is 3.04. The number of hydrogen-bond donors (Lipinski definition) is 1. The molecule has 0 amide bonds. The van der Waals surface area contributed by atoms with Crippen LogP contribution in [0, 0.1) is 6.92 Å². The van der Waals surface area contributed by atoms with E-state index < -0.39 is 10.1 Å². The van der Waals surface area contributed by atoms with Crippen molar-refractivity contribution >= 4 is 37.4 Å². The Morgan fingerprint density at radius 1 is 1.17 bits per heavy atom. The molecular formula is C7H8O3STl. The summed E-state index contributed by atoms with van der Waals surface area (Å²) in [6.07, 6.45) is 0. The van der Waals surface area contributed by atoms with Crippen LogP contribution in [0.4, 0.5) is 0 Å². The van der Waals surface area contributed by atoms with Crippen LogP contribution in [0.3, 0.4) is 0 Å². The molecule has 0 aliphatic carbocycles. The van der Waals surface area contributed by atoms with Crippen LogP contribution < -0.4 is 0 Å². The minimum Gasteiger partial charge on any atom is -0.282 e. The van der Waals surface area contributed by atoms with Crippen LogP contribution >= 0.6 is 0 Å². The average molecular weight is 377 g/mol. The topological polar surface area (TPSA) is 54.4 Å². The largest absolute Gasteiger partial charge is 0.294 e. The van der Waals surface area contributed by atoms with E-state index in [0.29, 0.717) is 0 Å². The van der Waals surface area contributed by atoms with Gasteiger partial charge in [-0.25, -0.2) is 0 Å². The Morgan fingerprint density at radius 3 is 1.92 bits per heavy atom. The Labute approximate surface area is 91.7 Å². The Hall–Kier alpha value is 0.0521. The van der Waals surface area contributed by atoms with Crippen molar-refractivity contribution in [2.45, 2.75) is 11.8 Å². The average Bonchev–Trinajstić information content (AvgIpc) is 1.86. The summed E-state index contributed by atoms with van der Waals surface area (Å²) in [4.78, 5) is -0.0666. The van der Waals surface area contributed by atoms with Gasteiger partial charge in [0.2, 0.25) is 0 Å². The first kappa shape index (κ1) is 12.1. The fourth-order valence-electron chi connectivity index (χ4n) is 0.710. The number of aryl methyl sites for hydroxylation is 1. The van der Waals surface area contributed by atoms with Crippen molar-refractivity contribution in [1.29, 1.82) is 0 Å². The van der Waals surface area contributed by atoms with Gasteiger partial charge in [-0.05, 0) is 19.1 Å². The molecule has 0 atom stereocenters. The third-order valence-electron chi connectivity index (χ3n) is 1.32. The molecule has 1 rings (SSSR count). The maximum atomic E-state index is 10.5. The molecule has 12 heavy (non-hydrogen) atoms. The summed E-state index contributed by atoms with van der Waals surface area (Å²) in [5.74, 6) is 0. The minimum absolute atomic E-state index is 0. The second-order valence-corrected chi connectivity index (χ2v) is 3.71. The van der Waals surface area contributed by atoms with E-state index in [1.807, 2.05) is 6.92 Å². The van der Waals surface area contributed by atoms with Crippen LogP contribution in [0.1, 0.15) is 5.56 Å². The van der Waals surface area contributed by atoms with Gasteiger partial charge in [-0.1, -0.05) is 17.7 Å². The number of hydrogen-bond acceptors (Lipinski definition) is 2. The van der Waals surface area contributed by atoms with Gasteiger partial charge in [0.05, 0.1) is 4.90 Å². The van der Waals surface area contributed by atoms with Crippen LogP contribution in [0.5, 0.6) is 0 Å². The molecule has 0 aromatic heterocycles. The molecule has 63 valence electrons. The summed E-state index contributed by atoms with van der Waals surface area (Å²) < 4.78 is 29.6. The third kappa shape index (κ3) is 3.20. The minimum atomic E-state index is -4.02. The SMILES string of the molecule is Cc1ccc(S(=O)(=O)O)cc1.[Tl]. The van der Waals surface area contributed by atoms with E-state index in [9.17, 15) is 8.42 Å². The Balaban J connectivity index is 0.00000121. The van der Waals surface area contributed by atoms with E-state index in [1.54, 1.807) is 12.1 Å². The second-order valence-electron chi connectivity index (χ2n) is 2.29. The zero-order chi connectivity index (χ0) is 8.48. The molecule has 5 heteroatoms. The fourth-order valence-corrected chi connectivity index (χ4v) is 1.19. The Morgan fingerprint density at radius 2 is 1.58 bits per heavy atom. The van der Waals surface area contributed by atoms with Crippen molar-refractivity contribution in [2.24, 2.45) is 0 Å². The first-order valence-corrected chi connectivity index (χ1v) is 4.48. The predicted molar refractivity (Wildman–Crippen MR) is 46.7 cm³/mol. The molecule has 0 saturated heterocycles. The van der Waals surface area contributed by atoms with Gasteiger partial charge < -0.3 is 0 Å². The summed E-state index contributed by atoms with van der Waals surface area (Å²) in [5, 5.41) is 0. The van der Waals surface area contributed by atoms with Crippen molar-refractivity contribution in [3.05, 3.63) is 29.8 Å². The van der Waals surface area contributed by atoms with Crippen molar-refractivity contribution in [1.82, 2.24) is 0 Å². The van der Waals surface area contributed by atoms with Gasteiger partial charge >= 0.3 is 0 Å². The van der Waals surface area contributed by atoms with E-state index in [-0.39, 0.29) is 32.2 Å². The van der Waals surface area contributed by atoms with Gasteiger partial charge in [0.1, 0.15) is 0 Å². The summed E-state index contributed by atoms with van der Waals surface area (Å²) >= 11 is 0. The van der Waals surface area contributed by atoms with E-state index in [4.69, 9.17) is 4.55 Å². The van der Waals surface area contributed by atoms with Crippen molar-refractivity contribution in [3.63, 3.8) is 0 Å². The normalized spacial score (nSPS) is 10.5. The molecule has 0 fully saturated rings. The van der Waals surface area contributed by atoms with Crippen LogP contribution in [-0.2, 0) is 10.1 Å². The maximum absolute atomic E-state index is 10.5. The van der Waals surface area contributed by atoms with Gasteiger partial charge in [-0.3, -0.25) is 4.55 Å². The Kier molecular flexibility index (Phi) is 4.35. The van der Waals surface area contributed by atoms with Crippen LogP contribution in [0.15, 0.2) is 29.2 Å². The molecule has 1 N–H and O–H groups in total. The summed E-state index contributed by atoms with van der Waals surface area (Å²) in [7, 11) is -4.02. The van der Waals surface area contributed by atoms with Crippen LogP contribution in [-0.4, -0.2) is 40.3 Å². The molecule has 3 nitrogen and oxygen atoms in total. The molecule has 0 saturated carbocycles. The van der Waals surface area contributed by atoms with Crippen LogP contribution in [0.2, 0.25) is 0 Å². The zero-order valence-corrected chi connectivity index (χ0v) is 11.9. The van der Waals surface area contributed by atoms with Gasteiger partial charge in [0.25, 0.3) is 10.1 Å². The van der Waals surface area contributed by atoms with Crippen molar-refractivity contribution < 1.29 is 13.0 Å². The second kappa shape index (κ2) is 4.33. The monoisotopic (exact) mass is 377 g/mol. The number of benzene rings is 1. The van der Waals surface area contributed by atoms with Crippen molar-refractivity contribution in [3.8, 4) is 0 Å². The smallest absolute Gasteiger partial charge is 0.282 e. The van der Waals surface area contributed by atoms with Gasteiger partial charge in [-0.2, -0.15) is 8.42 Å². The molecule has 1 aromatic rings. The molecule has 0 bridgehead atoms. The molecule has 0 aliphatic heterocycles. The molecule has 0 aliphatic rings. The molecule has 0 heterocycles. The quantitative estimate of drug-likeness (QED) is 0.584. The summed E-state index contributed by atoms with van der Waals surface area (Å²) in [5.41, 5.74) is 0.956. The van der Waals surface area contributed by atoms with E-state index in [1.165, 1.54) is 12.1 Å². The van der Waals surface area contributed by atoms with E-state index in [2.05, 4.69) is 0 Å². The van der Waals surface area contributed by atoms with E-state index in [0.717, 1.165) is 5.56 Å². The van der Waals surface area contributed by atoms with Gasteiger partial charge in [0.15, 0.2) is 0 Å². The molecular weight excluding hydrogens is 369 g/mol. The first-order chi connectivity index (χ1) is 5.00.